The molecular formula is C22H26N2O3. The molecule has 1 heterocycles. The second-order valence-electron chi connectivity index (χ2n) is 6.87. The summed E-state index contributed by atoms with van der Waals surface area (Å²) < 4.78 is 5.71. The number of morpholine rings is 1. The van der Waals surface area contributed by atoms with E-state index >= 15 is 0 Å². The Morgan fingerprint density at radius 1 is 1.22 bits per heavy atom. The van der Waals surface area contributed by atoms with Gasteiger partial charge in [-0.3, -0.25) is 9.59 Å². The predicted octanol–water partition coefficient (Wildman–Crippen LogP) is 2.70. The van der Waals surface area contributed by atoms with Crippen molar-refractivity contribution < 1.29 is 14.3 Å². The van der Waals surface area contributed by atoms with Crippen LogP contribution in [-0.4, -0.2) is 45.0 Å². The van der Waals surface area contributed by atoms with Crippen LogP contribution in [0.5, 0.6) is 0 Å². The fraction of sp³-hybridized carbons (Fsp3) is 0.364. The average Bonchev–Trinajstić information content (AvgIpc) is 2.74. The molecule has 1 fully saturated rings. The summed E-state index contributed by atoms with van der Waals surface area (Å²) in [6.07, 6.45) is 2.26. The van der Waals surface area contributed by atoms with E-state index in [9.17, 15) is 9.59 Å². The average molecular weight is 366 g/mol. The summed E-state index contributed by atoms with van der Waals surface area (Å²) in [6, 6.07) is 17.8. The molecule has 0 spiro atoms. The van der Waals surface area contributed by atoms with Crippen molar-refractivity contribution in [3.05, 3.63) is 65.7 Å². The summed E-state index contributed by atoms with van der Waals surface area (Å²) in [5, 5.41) is 2.81. The zero-order valence-corrected chi connectivity index (χ0v) is 15.6. The quantitative estimate of drug-likeness (QED) is 0.766. The summed E-state index contributed by atoms with van der Waals surface area (Å²) in [7, 11) is 1.69. The Morgan fingerprint density at radius 3 is 2.63 bits per heavy atom. The molecule has 2 aromatic rings. The van der Waals surface area contributed by atoms with E-state index in [2.05, 4.69) is 22.3 Å². The Labute approximate surface area is 160 Å². The van der Waals surface area contributed by atoms with E-state index in [4.69, 9.17) is 4.74 Å². The van der Waals surface area contributed by atoms with Gasteiger partial charge in [0.25, 0.3) is 0 Å². The normalized spacial score (nSPS) is 18.0. The van der Waals surface area contributed by atoms with Crippen molar-refractivity contribution in [3.63, 3.8) is 0 Å². The van der Waals surface area contributed by atoms with Gasteiger partial charge < -0.3 is 15.0 Å². The fourth-order valence-electron chi connectivity index (χ4n) is 3.65. The van der Waals surface area contributed by atoms with Crippen LogP contribution in [0.15, 0.2) is 54.6 Å². The minimum absolute atomic E-state index is 0.0562. The molecule has 0 aromatic heterocycles. The van der Waals surface area contributed by atoms with Gasteiger partial charge in [0, 0.05) is 30.8 Å². The number of rotatable bonds is 7. The van der Waals surface area contributed by atoms with Gasteiger partial charge in [-0.05, 0) is 42.7 Å². The zero-order chi connectivity index (χ0) is 19.1. The number of nitrogens with zero attached hydrogens (tertiary/aromatic N) is 1. The molecular weight excluding hydrogens is 340 g/mol. The predicted molar refractivity (Wildman–Crippen MR) is 106 cm³/mol. The first kappa shape index (κ1) is 19.1. The number of hydrogen-bond donors (Lipinski definition) is 1. The molecule has 1 amide bonds. The van der Waals surface area contributed by atoms with Gasteiger partial charge in [-0.1, -0.05) is 30.3 Å². The van der Waals surface area contributed by atoms with Crippen molar-refractivity contribution >= 4 is 17.9 Å². The molecule has 2 atom stereocenters. The number of benzene rings is 2. The van der Waals surface area contributed by atoms with Crippen molar-refractivity contribution in [1.82, 2.24) is 5.32 Å². The molecule has 142 valence electrons. The van der Waals surface area contributed by atoms with Gasteiger partial charge in [-0.2, -0.15) is 0 Å². The molecule has 27 heavy (non-hydrogen) atoms. The monoisotopic (exact) mass is 366 g/mol. The summed E-state index contributed by atoms with van der Waals surface area (Å²) in [4.78, 5) is 25.7. The van der Waals surface area contributed by atoms with Crippen LogP contribution in [0.25, 0.3) is 0 Å². The molecule has 2 aromatic carbocycles. The molecule has 1 aliphatic heterocycles. The van der Waals surface area contributed by atoms with E-state index < -0.39 is 0 Å². The second kappa shape index (κ2) is 9.33. The lowest BCUT2D eigenvalue weighted by Crippen LogP contribution is -2.48. The van der Waals surface area contributed by atoms with Gasteiger partial charge in [-0.25, -0.2) is 0 Å². The Morgan fingerprint density at radius 2 is 1.96 bits per heavy atom. The molecule has 2 unspecified atom stereocenters. The van der Waals surface area contributed by atoms with Crippen molar-refractivity contribution in [2.75, 3.05) is 31.7 Å². The second-order valence-corrected chi connectivity index (χ2v) is 6.87. The molecule has 1 N–H and O–H groups in total. The van der Waals surface area contributed by atoms with Crippen LogP contribution in [0.4, 0.5) is 5.69 Å². The van der Waals surface area contributed by atoms with Gasteiger partial charge in [0.1, 0.15) is 6.29 Å². The number of nitrogens with one attached hydrogen (secondary N) is 1. The van der Waals surface area contributed by atoms with Crippen molar-refractivity contribution in [3.8, 4) is 0 Å². The zero-order valence-electron chi connectivity index (χ0n) is 15.6. The molecule has 0 bridgehead atoms. The van der Waals surface area contributed by atoms with Crippen LogP contribution in [0, 0.1) is 5.92 Å². The van der Waals surface area contributed by atoms with Crippen molar-refractivity contribution in [2.24, 2.45) is 5.92 Å². The van der Waals surface area contributed by atoms with Crippen LogP contribution in [0.3, 0.4) is 0 Å². The van der Waals surface area contributed by atoms with E-state index in [1.54, 1.807) is 7.05 Å². The number of anilines is 1. The smallest absolute Gasteiger partial charge is 0.223 e. The number of carbonyl (C=O) groups excluding carboxylic acids is 2. The lowest BCUT2D eigenvalue weighted by Gasteiger charge is -2.39. The largest absolute Gasteiger partial charge is 0.377 e. The van der Waals surface area contributed by atoms with Gasteiger partial charge >= 0.3 is 0 Å². The third-order valence-electron chi connectivity index (χ3n) is 5.09. The Balaban J connectivity index is 1.77. The van der Waals surface area contributed by atoms with Gasteiger partial charge in [0.2, 0.25) is 5.91 Å². The molecule has 1 saturated heterocycles. The number of amides is 1. The molecule has 5 heteroatoms. The van der Waals surface area contributed by atoms with Gasteiger partial charge in [0.05, 0.1) is 19.3 Å². The SMILES string of the molecule is CNC(=O)C(Cc1ccccc1)CC1COCCN1c1ccc(C=O)cc1. The van der Waals surface area contributed by atoms with E-state index in [0.29, 0.717) is 31.6 Å². The van der Waals surface area contributed by atoms with E-state index in [1.807, 2.05) is 42.5 Å². The maximum atomic E-state index is 12.5. The van der Waals surface area contributed by atoms with Gasteiger partial charge in [-0.15, -0.1) is 0 Å². The third-order valence-corrected chi connectivity index (χ3v) is 5.09. The Bertz CT molecular complexity index is 746. The number of hydrogen-bond acceptors (Lipinski definition) is 4. The van der Waals surface area contributed by atoms with Crippen LogP contribution in [-0.2, 0) is 16.0 Å². The molecule has 3 rings (SSSR count). The van der Waals surface area contributed by atoms with E-state index in [0.717, 1.165) is 24.1 Å². The number of carbonyl (C=O) groups is 2. The highest BCUT2D eigenvalue weighted by Gasteiger charge is 2.29. The number of ether oxygens (including phenoxy) is 1. The van der Waals surface area contributed by atoms with Gasteiger partial charge in [0.15, 0.2) is 0 Å². The Hall–Kier alpha value is -2.66. The standard InChI is InChI=1S/C22H26N2O3/c1-23-22(26)19(13-17-5-3-2-4-6-17)14-21-16-27-12-11-24(21)20-9-7-18(15-25)8-10-20/h2-10,15,19,21H,11-14,16H2,1H3,(H,23,26). The van der Waals surface area contributed by atoms with Crippen LogP contribution < -0.4 is 10.2 Å². The van der Waals surface area contributed by atoms with Crippen LogP contribution in [0.2, 0.25) is 0 Å². The highest BCUT2D eigenvalue weighted by Crippen LogP contribution is 2.25. The first-order chi connectivity index (χ1) is 13.2. The minimum atomic E-state index is -0.124. The molecule has 0 radical (unpaired) electrons. The molecule has 0 aliphatic carbocycles. The van der Waals surface area contributed by atoms with Crippen LogP contribution >= 0.6 is 0 Å². The maximum absolute atomic E-state index is 12.5. The first-order valence-electron chi connectivity index (χ1n) is 9.36. The summed E-state index contributed by atoms with van der Waals surface area (Å²) in [6.45, 7) is 2.03. The molecule has 1 aliphatic rings. The van der Waals surface area contributed by atoms with Crippen molar-refractivity contribution in [1.29, 1.82) is 0 Å². The topological polar surface area (TPSA) is 58.6 Å². The summed E-state index contributed by atoms with van der Waals surface area (Å²) >= 11 is 0. The lowest BCUT2D eigenvalue weighted by atomic mass is 9.91. The third kappa shape index (κ3) is 4.95. The Kier molecular flexibility index (Phi) is 6.60. The van der Waals surface area contributed by atoms with E-state index in [-0.39, 0.29) is 17.9 Å². The van der Waals surface area contributed by atoms with E-state index in [1.165, 1.54) is 0 Å². The minimum Gasteiger partial charge on any atom is -0.377 e. The molecule has 5 nitrogen and oxygen atoms in total. The summed E-state index contributed by atoms with van der Waals surface area (Å²) in [5.74, 6) is -0.0680. The highest BCUT2D eigenvalue weighted by atomic mass is 16.5. The van der Waals surface area contributed by atoms with Crippen LogP contribution in [0.1, 0.15) is 22.3 Å². The maximum Gasteiger partial charge on any atom is 0.223 e. The number of aldehydes is 1. The molecule has 0 saturated carbocycles. The fourth-order valence-corrected chi connectivity index (χ4v) is 3.65. The lowest BCUT2D eigenvalue weighted by molar-refractivity contribution is -0.125. The van der Waals surface area contributed by atoms with Crippen molar-refractivity contribution in [2.45, 2.75) is 18.9 Å². The highest BCUT2D eigenvalue weighted by molar-refractivity contribution is 5.79. The summed E-state index contributed by atoms with van der Waals surface area (Å²) in [5.41, 5.74) is 2.88. The first-order valence-corrected chi connectivity index (χ1v) is 9.36.